The van der Waals surface area contributed by atoms with E-state index < -0.39 is 11.6 Å². The monoisotopic (exact) mass is 419 g/mol. The van der Waals surface area contributed by atoms with Crippen molar-refractivity contribution in [2.75, 3.05) is 26.2 Å². The van der Waals surface area contributed by atoms with Gasteiger partial charge in [0, 0.05) is 6.54 Å². The molecular weight excluding hydrogens is 391 g/mol. The number of phenols is 1. The highest BCUT2D eigenvalue weighted by molar-refractivity contribution is 5.64. The van der Waals surface area contributed by atoms with Gasteiger partial charge < -0.3 is 14.7 Å². The predicted octanol–water partition coefficient (Wildman–Crippen LogP) is 5.88. The molecule has 1 heterocycles. The van der Waals surface area contributed by atoms with Gasteiger partial charge in [-0.05, 0) is 80.1 Å². The largest absolute Gasteiger partial charge is 0.508 e. The van der Waals surface area contributed by atoms with Gasteiger partial charge in [-0.3, -0.25) is 0 Å². The van der Waals surface area contributed by atoms with E-state index in [9.17, 15) is 18.3 Å². The summed E-state index contributed by atoms with van der Waals surface area (Å²) in [5.74, 6) is 1.41. The summed E-state index contributed by atoms with van der Waals surface area (Å²) >= 11 is 0. The summed E-state index contributed by atoms with van der Waals surface area (Å²) < 4.78 is 46.1. The molecule has 1 saturated carbocycles. The standard InChI is InChI=1S/C24H28F3NO2/c25-24(26,27)23(12-1-13-23)17-28-14-10-18(11-15-28)16-30-22-8-4-20(5-9-22)19-2-6-21(29)7-3-19/h2-9,18,29H,1,10-17H2. The minimum atomic E-state index is -4.09. The van der Waals surface area contributed by atoms with E-state index in [1.54, 1.807) is 12.1 Å². The number of aromatic hydroxyl groups is 1. The Labute approximate surface area is 175 Å². The Kier molecular flexibility index (Phi) is 5.96. The van der Waals surface area contributed by atoms with Gasteiger partial charge in [-0.2, -0.15) is 13.2 Å². The molecular formula is C24H28F3NO2. The quantitative estimate of drug-likeness (QED) is 0.634. The summed E-state index contributed by atoms with van der Waals surface area (Å²) in [4.78, 5) is 2.00. The molecule has 1 N–H and O–H groups in total. The Balaban J connectivity index is 1.23. The van der Waals surface area contributed by atoms with Crippen LogP contribution in [-0.4, -0.2) is 42.4 Å². The van der Waals surface area contributed by atoms with Crippen molar-refractivity contribution in [3.63, 3.8) is 0 Å². The van der Waals surface area contributed by atoms with E-state index in [0.717, 1.165) is 29.7 Å². The maximum absolute atomic E-state index is 13.4. The lowest BCUT2D eigenvalue weighted by Crippen LogP contribution is -2.53. The number of rotatable bonds is 6. The summed E-state index contributed by atoms with van der Waals surface area (Å²) in [6, 6.07) is 14.9. The Bertz CT molecular complexity index is 821. The van der Waals surface area contributed by atoms with Crippen LogP contribution in [0.5, 0.6) is 11.5 Å². The molecule has 0 amide bonds. The summed E-state index contributed by atoms with van der Waals surface area (Å²) in [6.07, 6.45) is -1.09. The third-order valence-electron chi connectivity index (χ3n) is 6.69. The van der Waals surface area contributed by atoms with Crippen molar-refractivity contribution in [1.29, 1.82) is 0 Å². The van der Waals surface area contributed by atoms with E-state index in [0.29, 0.717) is 32.0 Å². The van der Waals surface area contributed by atoms with Crippen molar-refractivity contribution < 1.29 is 23.0 Å². The first-order chi connectivity index (χ1) is 14.3. The minimum Gasteiger partial charge on any atom is -0.508 e. The van der Waals surface area contributed by atoms with E-state index in [-0.39, 0.29) is 25.1 Å². The predicted molar refractivity (Wildman–Crippen MR) is 111 cm³/mol. The highest BCUT2D eigenvalue weighted by Gasteiger charge is 2.58. The molecule has 2 aliphatic rings. The van der Waals surface area contributed by atoms with Crippen LogP contribution < -0.4 is 4.74 Å². The first-order valence-electron chi connectivity index (χ1n) is 10.7. The van der Waals surface area contributed by atoms with Crippen LogP contribution in [0.4, 0.5) is 13.2 Å². The maximum atomic E-state index is 13.4. The number of phenolic OH excluding ortho intramolecular Hbond substituents is 1. The fraction of sp³-hybridized carbons (Fsp3) is 0.500. The Hall–Kier alpha value is -2.21. The summed E-state index contributed by atoms with van der Waals surface area (Å²) in [5.41, 5.74) is 0.607. The highest BCUT2D eigenvalue weighted by Crippen LogP contribution is 2.53. The van der Waals surface area contributed by atoms with Gasteiger partial charge in [0.1, 0.15) is 11.5 Å². The molecule has 0 unspecified atom stereocenters. The molecule has 4 rings (SSSR count). The zero-order valence-corrected chi connectivity index (χ0v) is 17.0. The van der Waals surface area contributed by atoms with Crippen molar-refractivity contribution in [3.05, 3.63) is 48.5 Å². The van der Waals surface area contributed by atoms with Gasteiger partial charge in [0.15, 0.2) is 0 Å². The normalized spacial score (nSPS) is 20.0. The second-order valence-electron chi connectivity index (χ2n) is 8.73. The molecule has 1 aliphatic carbocycles. The Morgan fingerprint density at radius 1 is 0.933 bits per heavy atom. The van der Waals surface area contributed by atoms with Crippen molar-refractivity contribution in [3.8, 4) is 22.6 Å². The zero-order chi connectivity index (χ0) is 21.2. The zero-order valence-electron chi connectivity index (χ0n) is 17.0. The van der Waals surface area contributed by atoms with E-state index in [1.807, 2.05) is 41.3 Å². The van der Waals surface area contributed by atoms with Crippen LogP contribution in [0.15, 0.2) is 48.5 Å². The SMILES string of the molecule is Oc1ccc(-c2ccc(OCC3CCN(CC4(C(F)(F)F)CCC4)CC3)cc2)cc1. The van der Waals surface area contributed by atoms with Gasteiger partial charge in [0.25, 0.3) is 0 Å². The fourth-order valence-corrected chi connectivity index (χ4v) is 4.49. The number of piperidine rings is 1. The maximum Gasteiger partial charge on any atom is 0.395 e. The van der Waals surface area contributed by atoms with Crippen LogP contribution in [0, 0.1) is 11.3 Å². The van der Waals surface area contributed by atoms with Gasteiger partial charge >= 0.3 is 6.18 Å². The van der Waals surface area contributed by atoms with E-state index >= 15 is 0 Å². The van der Waals surface area contributed by atoms with E-state index in [4.69, 9.17) is 4.74 Å². The lowest BCUT2D eigenvalue weighted by Gasteiger charge is -2.47. The molecule has 0 aromatic heterocycles. The minimum absolute atomic E-state index is 0.156. The third-order valence-corrected chi connectivity index (χ3v) is 6.69. The van der Waals surface area contributed by atoms with Crippen molar-refractivity contribution in [2.45, 2.75) is 38.3 Å². The van der Waals surface area contributed by atoms with Gasteiger partial charge in [-0.25, -0.2) is 0 Å². The molecule has 0 radical (unpaired) electrons. The Morgan fingerprint density at radius 3 is 2.00 bits per heavy atom. The van der Waals surface area contributed by atoms with Crippen LogP contribution in [0.3, 0.4) is 0 Å². The first kappa shape index (κ1) is 21.0. The van der Waals surface area contributed by atoms with Crippen molar-refractivity contribution in [2.24, 2.45) is 11.3 Å². The lowest BCUT2D eigenvalue weighted by molar-refractivity contribution is -0.256. The second kappa shape index (κ2) is 8.50. The second-order valence-corrected chi connectivity index (χ2v) is 8.73. The number of halogens is 3. The molecule has 162 valence electrons. The number of benzene rings is 2. The number of likely N-dealkylation sites (tertiary alicyclic amines) is 1. The number of alkyl halides is 3. The molecule has 2 fully saturated rings. The molecule has 1 aliphatic heterocycles. The van der Waals surface area contributed by atoms with Crippen molar-refractivity contribution >= 4 is 0 Å². The molecule has 0 atom stereocenters. The third kappa shape index (κ3) is 4.59. The van der Waals surface area contributed by atoms with Crippen LogP contribution >= 0.6 is 0 Å². The van der Waals surface area contributed by atoms with Crippen LogP contribution in [0.1, 0.15) is 32.1 Å². The lowest BCUT2D eigenvalue weighted by atomic mass is 9.67. The highest BCUT2D eigenvalue weighted by atomic mass is 19.4. The van der Waals surface area contributed by atoms with Crippen LogP contribution in [0.2, 0.25) is 0 Å². The molecule has 1 saturated heterocycles. The van der Waals surface area contributed by atoms with Gasteiger partial charge in [-0.15, -0.1) is 0 Å². The van der Waals surface area contributed by atoms with Crippen LogP contribution in [0.25, 0.3) is 11.1 Å². The summed E-state index contributed by atoms with van der Waals surface area (Å²) in [6.45, 7) is 2.18. The fourth-order valence-electron chi connectivity index (χ4n) is 4.49. The molecule has 0 spiro atoms. The van der Waals surface area contributed by atoms with Gasteiger partial charge in [0.2, 0.25) is 0 Å². The summed E-state index contributed by atoms with van der Waals surface area (Å²) in [7, 11) is 0. The average Bonchev–Trinajstić information content (AvgIpc) is 2.70. The number of ether oxygens (including phenoxy) is 1. The molecule has 30 heavy (non-hydrogen) atoms. The molecule has 6 heteroatoms. The van der Waals surface area contributed by atoms with Crippen molar-refractivity contribution in [1.82, 2.24) is 4.90 Å². The number of hydrogen-bond acceptors (Lipinski definition) is 3. The van der Waals surface area contributed by atoms with Crippen LogP contribution in [-0.2, 0) is 0 Å². The smallest absolute Gasteiger partial charge is 0.395 e. The van der Waals surface area contributed by atoms with E-state index in [1.165, 1.54) is 0 Å². The average molecular weight is 419 g/mol. The van der Waals surface area contributed by atoms with Gasteiger partial charge in [0.05, 0.1) is 12.0 Å². The molecule has 2 aromatic rings. The Morgan fingerprint density at radius 2 is 1.50 bits per heavy atom. The number of hydrogen-bond donors (Lipinski definition) is 1. The van der Waals surface area contributed by atoms with Gasteiger partial charge in [-0.1, -0.05) is 30.7 Å². The molecule has 3 nitrogen and oxygen atoms in total. The molecule has 0 bridgehead atoms. The van der Waals surface area contributed by atoms with E-state index in [2.05, 4.69) is 0 Å². The number of nitrogens with zero attached hydrogens (tertiary/aromatic N) is 1. The topological polar surface area (TPSA) is 32.7 Å². The first-order valence-corrected chi connectivity index (χ1v) is 10.7. The summed E-state index contributed by atoms with van der Waals surface area (Å²) in [5, 5.41) is 9.39. The molecule has 2 aromatic carbocycles.